The Morgan fingerprint density at radius 2 is 0.870 bits per heavy atom. The fourth-order valence-corrected chi connectivity index (χ4v) is 3.32. The number of hydrogen-bond donors (Lipinski definition) is 3. The molecule has 23 heavy (non-hydrogen) atoms. The van der Waals surface area contributed by atoms with Crippen molar-refractivity contribution in [2.24, 2.45) is 0 Å². The molecule has 0 saturated carbocycles. The number of aromatic hydroxyl groups is 1. The Hall–Kier alpha value is -1.06. The second-order valence-corrected chi connectivity index (χ2v) is 6.37. The Labute approximate surface area is 141 Å². The van der Waals surface area contributed by atoms with Gasteiger partial charge in [-0.05, 0) is 55.2 Å². The number of benzene rings is 1. The van der Waals surface area contributed by atoms with E-state index in [-0.39, 0.29) is 19.0 Å². The Morgan fingerprint density at radius 3 is 1.13 bits per heavy atom. The Kier molecular flexibility index (Phi) is 9.27. The van der Waals surface area contributed by atoms with Gasteiger partial charge < -0.3 is 15.3 Å². The zero-order valence-corrected chi connectivity index (χ0v) is 15.1. The molecule has 0 atom stereocenters. The summed E-state index contributed by atoms with van der Waals surface area (Å²) in [5.41, 5.74) is 4.80. The molecule has 3 N–H and O–H groups in total. The van der Waals surface area contributed by atoms with E-state index in [2.05, 4.69) is 20.8 Å². The first kappa shape index (κ1) is 20.0. The summed E-state index contributed by atoms with van der Waals surface area (Å²) in [4.78, 5) is 0. The lowest BCUT2D eigenvalue weighted by Crippen LogP contribution is -2.11. The van der Waals surface area contributed by atoms with Crippen LogP contribution in [0.2, 0.25) is 0 Å². The lowest BCUT2D eigenvalue weighted by Gasteiger charge is -2.23. The molecule has 0 fully saturated rings. The van der Waals surface area contributed by atoms with E-state index in [0.29, 0.717) is 11.1 Å². The maximum Gasteiger partial charge on any atom is 0.127 e. The number of unbranched alkanes of at least 4 members (excludes halogenated alkanes) is 3. The minimum atomic E-state index is -0.162. The molecule has 1 rings (SSSR count). The quantitative estimate of drug-likeness (QED) is 0.566. The van der Waals surface area contributed by atoms with Crippen LogP contribution < -0.4 is 0 Å². The standard InChI is InChI=1S/C20H34O3/c1-4-7-10-15-16(11-8-5-2)18(13-21)20(23)19(14-22)17(15)12-9-6-3/h21-23H,4-14H2,1-3H3. The van der Waals surface area contributed by atoms with Gasteiger partial charge in [-0.15, -0.1) is 0 Å². The van der Waals surface area contributed by atoms with E-state index in [1.807, 2.05) is 0 Å². The second kappa shape index (κ2) is 10.7. The largest absolute Gasteiger partial charge is 0.507 e. The number of hydrogen-bond acceptors (Lipinski definition) is 3. The third-order valence-electron chi connectivity index (χ3n) is 4.69. The van der Waals surface area contributed by atoms with Crippen LogP contribution in [0, 0.1) is 0 Å². The van der Waals surface area contributed by atoms with E-state index < -0.39 is 0 Å². The monoisotopic (exact) mass is 322 g/mol. The zero-order valence-electron chi connectivity index (χ0n) is 15.1. The summed E-state index contributed by atoms with van der Waals surface area (Å²) in [5, 5.41) is 30.2. The van der Waals surface area contributed by atoms with Crippen LogP contribution in [0.4, 0.5) is 0 Å². The van der Waals surface area contributed by atoms with Crippen LogP contribution in [0.25, 0.3) is 0 Å². The first-order valence-electron chi connectivity index (χ1n) is 9.25. The normalized spacial score (nSPS) is 11.2. The average Bonchev–Trinajstić information content (AvgIpc) is 2.56. The topological polar surface area (TPSA) is 60.7 Å². The molecule has 0 aliphatic rings. The van der Waals surface area contributed by atoms with Crippen LogP contribution in [0.1, 0.15) is 87.1 Å². The van der Waals surface area contributed by atoms with Crippen molar-refractivity contribution in [2.45, 2.75) is 91.8 Å². The molecule has 0 aliphatic heterocycles. The highest BCUT2D eigenvalue weighted by Gasteiger charge is 2.21. The van der Waals surface area contributed by atoms with Crippen molar-refractivity contribution in [3.63, 3.8) is 0 Å². The Balaban J connectivity index is 3.50. The molecule has 0 amide bonds. The third kappa shape index (κ3) is 4.95. The maximum absolute atomic E-state index is 10.6. The molecule has 0 saturated heterocycles. The average molecular weight is 322 g/mol. The van der Waals surface area contributed by atoms with Gasteiger partial charge in [-0.25, -0.2) is 0 Å². The summed E-state index contributed by atoms with van der Waals surface area (Å²) < 4.78 is 0. The van der Waals surface area contributed by atoms with Crippen molar-refractivity contribution in [1.29, 1.82) is 0 Å². The summed E-state index contributed by atoms with van der Waals surface area (Å²) in [6.45, 7) is 6.17. The first-order chi connectivity index (χ1) is 11.2. The predicted octanol–water partition coefficient (Wildman–Crippen LogP) is 4.40. The lowest BCUT2D eigenvalue weighted by atomic mass is 9.84. The summed E-state index contributed by atoms with van der Waals surface area (Å²) in [7, 11) is 0. The van der Waals surface area contributed by atoms with E-state index in [1.165, 1.54) is 5.56 Å². The fraction of sp³-hybridized carbons (Fsp3) is 0.700. The van der Waals surface area contributed by atoms with Crippen LogP contribution in [-0.4, -0.2) is 15.3 Å². The van der Waals surface area contributed by atoms with E-state index >= 15 is 0 Å². The highest BCUT2D eigenvalue weighted by atomic mass is 16.3. The van der Waals surface area contributed by atoms with E-state index in [1.54, 1.807) is 0 Å². The molecule has 0 bridgehead atoms. The molecule has 0 heterocycles. The summed E-state index contributed by atoms with van der Waals surface area (Å²) >= 11 is 0. The zero-order chi connectivity index (χ0) is 17.2. The van der Waals surface area contributed by atoms with Crippen molar-refractivity contribution in [1.82, 2.24) is 0 Å². The lowest BCUT2D eigenvalue weighted by molar-refractivity contribution is 0.261. The summed E-state index contributed by atoms with van der Waals surface area (Å²) in [6.07, 6.45) is 9.25. The van der Waals surface area contributed by atoms with E-state index in [0.717, 1.165) is 68.9 Å². The van der Waals surface area contributed by atoms with E-state index in [4.69, 9.17) is 0 Å². The Bertz CT molecular complexity index is 443. The smallest absolute Gasteiger partial charge is 0.127 e. The molecule has 3 nitrogen and oxygen atoms in total. The molecule has 0 radical (unpaired) electrons. The molecule has 132 valence electrons. The van der Waals surface area contributed by atoms with Gasteiger partial charge in [-0.1, -0.05) is 40.0 Å². The van der Waals surface area contributed by atoms with Crippen LogP contribution in [0.15, 0.2) is 0 Å². The molecule has 0 aliphatic carbocycles. The van der Waals surface area contributed by atoms with Crippen molar-refractivity contribution in [3.8, 4) is 5.75 Å². The van der Waals surface area contributed by atoms with Crippen LogP contribution in [0.5, 0.6) is 5.75 Å². The SMILES string of the molecule is CCCCc1c(CO)c(O)c(CO)c(CCCC)c1CCCC. The predicted molar refractivity (Wildman–Crippen MR) is 95.8 cm³/mol. The second-order valence-electron chi connectivity index (χ2n) is 6.37. The first-order valence-corrected chi connectivity index (χ1v) is 9.25. The van der Waals surface area contributed by atoms with E-state index in [9.17, 15) is 15.3 Å². The van der Waals surface area contributed by atoms with Crippen molar-refractivity contribution in [2.75, 3.05) is 0 Å². The molecule has 0 spiro atoms. The molecule has 0 aromatic heterocycles. The Morgan fingerprint density at radius 1 is 0.565 bits per heavy atom. The van der Waals surface area contributed by atoms with Gasteiger partial charge in [-0.3, -0.25) is 0 Å². The van der Waals surface area contributed by atoms with Gasteiger partial charge in [0.2, 0.25) is 0 Å². The van der Waals surface area contributed by atoms with Crippen LogP contribution >= 0.6 is 0 Å². The maximum atomic E-state index is 10.6. The minimum Gasteiger partial charge on any atom is -0.507 e. The van der Waals surface area contributed by atoms with Gasteiger partial charge in [0, 0.05) is 11.1 Å². The molecule has 1 aromatic carbocycles. The molecule has 1 aromatic rings. The third-order valence-corrected chi connectivity index (χ3v) is 4.69. The van der Waals surface area contributed by atoms with Crippen molar-refractivity contribution in [3.05, 3.63) is 27.8 Å². The van der Waals surface area contributed by atoms with Crippen molar-refractivity contribution < 1.29 is 15.3 Å². The van der Waals surface area contributed by atoms with Gasteiger partial charge in [0.25, 0.3) is 0 Å². The molecular formula is C20H34O3. The van der Waals surface area contributed by atoms with Crippen LogP contribution in [-0.2, 0) is 32.5 Å². The van der Waals surface area contributed by atoms with Crippen molar-refractivity contribution >= 4 is 0 Å². The van der Waals surface area contributed by atoms with Gasteiger partial charge >= 0.3 is 0 Å². The van der Waals surface area contributed by atoms with Gasteiger partial charge in [0.05, 0.1) is 13.2 Å². The number of aliphatic hydroxyl groups excluding tert-OH is 2. The minimum absolute atomic E-state index is 0.118. The number of phenols is 1. The molecular weight excluding hydrogens is 288 g/mol. The highest BCUT2D eigenvalue weighted by Crippen LogP contribution is 2.36. The molecule has 0 unspecified atom stereocenters. The summed E-state index contributed by atoms with van der Waals surface area (Å²) in [5.74, 6) is 0.118. The summed E-state index contributed by atoms with van der Waals surface area (Å²) in [6, 6.07) is 0. The fourth-order valence-electron chi connectivity index (χ4n) is 3.32. The van der Waals surface area contributed by atoms with Crippen LogP contribution in [0.3, 0.4) is 0 Å². The van der Waals surface area contributed by atoms with Gasteiger partial charge in [0.15, 0.2) is 0 Å². The highest BCUT2D eigenvalue weighted by molar-refractivity contribution is 5.55. The number of aliphatic hydroxyl groups is 2. The van der Waals surface area contributed by atoms with Gasteiger partial charge in [0.1, 0.15) is 5.75 Å². The number of rotatable bonds is 11. The van der Waals surface area contributed by atoms with Gasteiger partial charge in [-0.2, -0.15) is 0 Å². The molecule has 3 heteroatoms.